The largest absolute Gasteiger partial charge is 0.351 e. The van der Waals surface area contributed by atoms with Gasteiger partial charge in [0.2, 0.25) is 10.0 Å². The van der Waals surface area contributed by atoms with Gasteiger partial charge in [0, 0.05) is 31.7 Å². The summed E-state index contributed by atoms with van der Waals surface area (Å²) < 4.78 is 28.3. The number of aryl methyl sites for hydroxylation is 1. The lowest BCUT2D eigenvalue weighted by Gasteiger charge is -2.17. The maximum atomic E-state index is 12.8. The second kappa shape index (κ2) is 11.0. The first kappa shape index (κ1) is 23.7. The first-order chi connectivity index (χ1) is 15.3. The lowest BCUT2D eigenvalue weighted by Crippen LogP contribution is -2.33. The van der Waals surface area contributed by atoms with Crippen molar-refractivity contribution in [2.24, 2.45) is 0 Å². The number of amides is 1. The number of nitrogens with zero attached hydrogens (tertiary/aromatic N) is 1. The SMILES string of the molecule is Cc1ccc(C(=O)NCCN(C)Cc2ccccc2)cc1S(=O)(=O)NCc1ccccc1. The number of nitrogens with one attached hydrogen (secondary N) is 2. The molecular formula is C25H29N3O3S. The van der Waals surface area contributed by atoms with Gasteiger partial charge < -0.3 is 10.2 Å². The van der Waals surface area contributed by atoms with Gasteiger partial charge in [0.25, 0.3) is 5.91 Å². The van der Waals surface area contributed by atoms with Crippen molar-refractivity contribution >= 4 is 15.9 Å². The Hall–Kier alpha value is -3.00. The van der Waals surface area contributed by atoms with Gasteiger partial charge in [0.1, 0.15) is 0 Å². The molecule has 2 N–H and O–H groups in total. The van der Waals surface area contributed by atoms with E-state index in [2.05, 4.69) is 27.1 Å². The molecule has 3 rings (SSSR count). The summed E-state index contributed by atoms with van der Waals surface area (Å²) in [4.78, 5) is 14.8. The molecule has 0 heterocycles. The Bertz CT molecular complexity index is 1130. The molecule has 0 saturated carbocycles. The van der Waals surface area contributed by atoms with Crippen LogP contribution >= 0.6 is 0 Å². The highest BCUT2D eigenvalue weighted by molar-refractivity contribution is 7.89. The van der Waals surface area contributed by atoms with Crippen LogP contribution in [0.15, 0.2) is 83.8 Å². The molecule has 0 saturated heterocycles. The number of carbonyl (C=O) groups is 1. The van der Waals surface area contributed by atoms with E-state index >= 15 is 0 Å². The summed E-state index contributed by atoms with van der Waals surface area (Å²) in [5.41, 5.74) is 2.98. The van der Waals surface area contributed by atoms with E-state index in [1.165, 1.54) is 11.6 Å². The molecule has 0 aliphatic carbocycles. The van der Waals surface area contributed by atoms with Crippen molar-refractivity contribution < 1.29 is 13.2 Å². The first-order valence-electron chi connectivity index (χ1n) is 10.5. The third kappa shape index (κ3) is 6.75. The van der Waals surface area contributed by atoms with Gasteiger partial charge in [-0.3, -0.25) is 4.79 Å². The monoisotopic (exact) mass is 451 g/mol. The van der Waals surface area contributed by atoms with Crippen LogP contribution in [0.4, 0.5) is 0 Å². The van der Waals surface area contributed by atoms with Crippen molar-refractivity contribution in [3.63, 3.8) is 0 Å². The smallest absolute Gasteiger partial charge is 0.251 e. The van der Waals surface area contributed by atoms with E-state index in [0.717, 1.165) is 12.1 Å². The summed E-state index contributed by atoms with van der Waals surface area (Å²) >= 11 is 0. The third-order valence-electron chi connectivity index (χ3n) is 5.12. The van der Waals surface area contributed by atoms with Gasteiger partial charge in [0.05, 0.1) is 4.90 Å². The molecule has 0 spiro atoms. The fourth-order valence-electron chi connectivity index (χ4n) is 3.32. The van der Waals surface area contributed by atoms with Crippen LogP contribution in [0.1, 0.15) is 27.0 Å². The minimum Gasteiger partial charge on any atom is -0.351 e. The zero-order valence-corrected chi connectivity index (χ0v) is 19.2. The van der Waals surface area contributed by atoms with Crippen molar-refractivity contribution in [3.8, 4) is 0 Å². The van der Waals surface area contributed by atoms with Gasteiger partial charge in [-0.05, 0) is 42.8 Å². The summed E-state index contributed by atoms with van der Waals surface area (Å²) in [6.45, 7) is 3.83. The number of hydrogen-bond donors (Lipinski definition) is 2. The topological polar surface area (TPSA) is 78.5 Å². The van der Waals surface area contributed by atoms with Crippen LogP contribution < -0.4 is 10.0 Å². The van der Waals surface area contributed by atoms with Crippen molar-refractivity contribution in [1.82, 2.24) is 14.9 Å². The van der Waals surface area contributed by atoms with Crippen molar-refractivity contribution in [3.05, 3.63) is 101 Å². The number of benzene rings is 3. The minimum absolute atomic E-state index is 0.113. The van der Waals surface area contributed by atoms with E-state index in [9.17, 15) is 13.2 Å². The Morgan fingerprint density at radius 3 is 2.19 bits per heavy atom. The predicted molar refractivity (Wildman–Crippen MR) is 127 cm³/mol. The van der Waals surface area contributed by atoms with Gasteiger partial charge in [-0.25, -0.2) is 13.1 Å². The maximum absolute atomic E-state index is 12.8. The molecule has 0 atom stereocenters. The third-order valence-corrected chi connectivity index (χ3v) is 6.67. The Morgan fingerprint density at radius 1 is 0.906 bits per heavy atom. The summed E-state index contributed by atoms with van der Waals surface area (Å²) in [6.07, 6.45) is 0. The Balaban J connectivity index is 1.58. The minimum atomic E-state index is -3.75. The fraction of sp³-hybridized carbons (Fsp3) is 0.240. The normalized spacial score (nSPS) is 11.5. The standard InChI is InChI=1S/C25H29N3O3S/c1-20-13-14-23(17-24(20)32(30,31)27-18-21-9-5-3-6-10-21)25(29)26-15-16-28(2)19-22-11-7-4-8-12-22/h3-14,17,27H,15-16,18-19H2,1-2H3,(H,26,29). The number of sulfonamides is 1. The van der Waals surface area contributed by atoms with E-state index < -0.39 is 10.0 Å². The Labute approximate surface area is 190 Å². The first-order valence-corrected chi connectivity index (χ1v) is 12.0. The molecule has 7 heteroatoms. The van der Waals surface area contributed by atoms with Crippen LogP contribution in [0.3, 0.4) is 0 Å². The second-order valence-electron chi connectivity index (χ2n) is 7.77. The Morgan fingerprint density at radius 2 is 1.53 bits per heavy atom. The average Bonchev–Trinajstić information content (AvgIpc) is 2.79. The molecule has 3 aromatic rings. The van der Waals surface area contributed by atoms with Crippen LogP contribution in [-0.4, -0.2) is 39.4 Å². The number of likely N-dealkylation sites (N-methyl/N-ethyl adjacent to an activating group) is 1. The molecule has 1 amide bonds. The highest BCUT2D eigenvalue weighted by Gasteiger charge is 2.19. The van der Waals surface area contributed by atoms with Crippen molar-refractivity contribution in [2.75, 3.05) is 20.1 Å². The van der Waals surface area contributed by atoms with Crippen LogP contribution in [0, 0.1) is 6.92 Å². The summed E-state index contributed by atoms with van der Waals surface area (Å²) in [7, 11) is -1.76. The fourth-order valence-corrected chi connectivity index (χ4v) is 4.61. The quantitative estimate of drug-likeness (QED) is 0.496. The molecule has 0 bridgehead atoms. The van der Waals surface area contributed by atoms with Crippen LogP contribution in [0.5, 0.6) is 0 Å². The summed E-state index contributed by atoms with van der Waals surface area (Å²) in [5, 5.41) is 2.88. The predicted octanol–water partition coefficient (Wildman–Crippen LogP) is 3.34. The zero-order chi connectivity index (χ0) is 23.0. The lowest BCUT2D eigenvalue weighted by atomic mass is 10.1. The highest BCUT2D eigenvalue weighted by atomic mass is 32.2. The van der Waals surface area contributed by atoms with Gasteiger partial charge >= 0.3 is 0 Å². The molecule has 0 unspecified atom stereocenters. The molecular weight excluding hydrogens is 422 g/mol. The number of hydrogen-bond acceptors (Lipinski definition) is 4. The molecule has 32 heavy (non-hydrogen) atoms. The van der Waals surface area contributed by atoms with Gasteiger partial charge in [-0.15, -0.1) is 0 Å². The highest BCUT2D eigenvalue weighted by Crippen LogP contribution is 2.17. The van der Waals surface area contributed by atoms with Crippen molar-refractivity contribution in [1.29, 1.82) is 0 Å². The zero-order valence-electron chi connectivity index (χ0n) is 18.4. The van der Waals surface area contributed by atoms with Crippen LogP contribution in [0.25, 0.3) is 0 Å². The van der Waals surface area contributed by atoms with E-state index in [1.54, 1.807) is 19.1 Å². The molecule has 0 fully saturated rings. The second-order valence-corrected chi connectivity index (χ2v) is 9.51. The average molecular weight is 452 g/mol. The number of carbonyl (C=O) groups excluding carboxylic acids is 1. The molecule has 3 aromatic carbocycles. The lowest BCUT2D eigenvalue weighted by molar-refractivity contribution is 0.0949. The van der Waals surface area contributed by atoms with Crippen molar-refractivity contribution in [2.45, 2.75) is 24.9 Å². The van der Waals surface area contributed by atoms with Gasteiger partial charge in [-0.1, -0.05) is 66.7 Å². The van der Waals surface area contributed by atoms with Crippen LogP contribution in [-0.2, 0) is 23.1 Å². The van der Waals surface area contributed by atoms with Gasteiger partial charge in [0.15, 0.2) is 0 Å². The summed E-state index contributed by atoms with van der Waals surface area (Å²) in [5.74, 6) is -0.294. The molecule has 0 radical (unpaired) electrons. The molecule has 0 aliphatic heterocycles. The van der Waals surface area contributed by atoms with E-state index in [0.29, 0.717) is 24.2 Å². The molecule has 6 nitrogen and oxygen atoms in total. The van der Waals surface area contributed by atoms with E-state index in [4.69, 9.17) is 0 Å². The molecule has 0 aliphatic rings. The Kier molecular flexibility index (Phi) is 8.16. The molecule has 0 aromatic heterocycles. The van der Waals surface area contributed by atoms with E-state index in [-0.39, 0.29) is 17.3 Å². The maximum Gasteiger partial charge on any atom is 0.251 e. The molecule has 168 valence electrons. The van der Waals surface area contributed by atoms with Gasteiger partial charge in [-0.2, -0.15) is 0 Å². The van der Waals surface area contributed by atoms with Crippen LogP contribution in [0.2, 0.25) is 0 Å². The van der Waals surface area contributed by atoms with E-state index in [1.807, 2.05) is 55.6 Å². The summed E-state index contributed by atoms with van der Waals surface area (Å²) in [6, 6.07) is 24.2. The number of rotatable bonds is 10.